The van der Waals surface area contributed by atoms with Crippen molar-refractivity contribution in [3.05, 3.63) is 36.0 Å². The number of carbonyl (C=O) groups excluding carboxylic acids is 2. The van der Waals surface area contributed by atoms with Gasteiger partial charge in [0.1, 0.15) is 5.25 Å². The number of rotatable bonds is 2. The van der Waals surface area contributed by atoms with Crippen LogP contribution in [0.2, 0.25) is 0 Å². The maximum atomic E-state index is 12.2. The Bertz CT molecular complexity index is 797. The smallest absolute Gasteiger partial charge is 0.289 e. The van der Waals surface area contributed by atoms with Crippen molar-refractivity contribution in [3.8, 4) is 11.8 Å². The molecule has 1 fully saturated rings. The molecule has 0 saturated carbocycles. The maximum Gasteiger partial charge on any atom is 0.289 e. The van der Waals surface area contributed by atoms with E-state index in [2.05, 4.69) is 11.8 Å². The first kappa shape index (κ1) is 13.8. The van der Waals surface area contributed by atoms with Crippen molar-refractivity contribution in [1.29, 1.82) is 0 Å². The van der Waals surface area contributed by atoms with E-state index in [1.165, 1.54) is 11.9 Å². The van der Waals surface area contributed by atoms with Crippen LogP contribution in [0.25, 0.3) is 10.9 Å². The Morgan fingerprint density at radius 1 is 1.29 bits per heavy atom. The Kier molecular flexibility index (Phi) is 3.48. The van der Waals surface area contributed by atoms with Gasteiger partial charge in [0.05, 0.1) is 6.54 Å². The Hall–Kier alpha value is -2.19. The second-order valence-electron chi connectivity index (χ2n) is 4.81. The number of amides is 2. The van der Waals surface area contributed by atoms with Gasteiger partial charge in [-0.25, -0.2) is 0 Å². The fraction of sp³-hybridized carbons (Fsp3) is 0.250. The van der Waals surface area contributed by atoms with Crippen molar-refractivity contribution < 1.29 is 9.59 Å². The molecule has 0 bridgehead atoms. The Morgan fingerprint density at radius 3 is 2.76 bits per heavy atom. The molecule has 106 valence electrons. The molecule has 2 heterocycles. The van der Waals surface area contributed by atoms with Crippen LogP contribution in [-0.2, 0) is 11.3 Å². The van der Waals surface area contributed by atoms with Crippen LogP contribution in [0.1, 0.15) is 17.7 Å². The van der Waals surface area contributed by atoms with Crippen LogP contribution < -0.4 is 0 Å². The summed E-state index contributed by atoms with van der Waals surface area (Å²) in [5, 5.41) is 0.363. The second-order valence-corrected chi connectivity index (χ2v) is 5.87. The second kappa shape index (κ2) is 5.30. The SMILES string of the molecule is CC#CCn1ccc2c(C3SC(=O)N(C)C3=O)cccc21. The van der Waals surface area contributed by atoms with Gasteiger partial charge in [-0.2, -0.15) is 0 Å². The van der Waals surface area contributed by atoms with E-state index in [0.29, 0.717) is 6.54 Å². The normalized spacial score (nSPS) is 18.2. The average Bonchev–Trinajstić information content (AvgIpc) is 3.02. The Balaban J connectivity index is 2.07. The van der Waals surface area contributed by atoms with E-state index in [1.807, 2.05) is 42.0 Å². The number of hydrogen-bond donors (Lipinski definition) is 0. The highest BCUT2D eigenvalue weighted by Gasteiger charge is 2.38. The third kappa shape index (κ3) is 2.22. The van der Waals surface area contributed by atoms with Crippen LogP contribution in [-0.4, -0.2) is 27.7 Å². The summed E-state index contributed by atoms with van der Waals surface area (Å²) in [5.74, 6) is 5.76. The van der Waals surface area contributed by atoms with Gasteiger partial charge >= 0.3 is 0 Å². The molecule has 21 heavy (non-hydrogen) atoms. The molecule has 2 aromatic rings. The van der Waals surface area contributed by atoms with Crippen molar-refractivity contribution in [2.75, 3.05) is 7.05 Å². The molecule has 1 aliphatic rings. The number of benzene rings is 1. The molecule has 2 amide bonds. The van der Waals surface area contributed by atoms with Crippen molar-refractivity contribution in [1.82, 2.24) is 9.47 Å². The molecule has 1 atom stereocenters. The lowest BCUT2D eigenvalue weighted by molar-refractivity contribution is -0.125. The number of hydrogen-bond acceptors (Lipinski definition) is 3. The number of fused-ring (bicyclic) bond motifs is 1. The predicted octanol–water partition coefficient (Wildman–Crippen LogP) is 3.03. The molecule has 0 aliphatic carbocycles. The van der Waals surface area contributed by atoms with Crippen LogP contribution in [0.15, 0.2) is 30.5 Å². The van der Waals surface area contributed by atoms with Gasteiger partial charge in [0, 0.05) is 24.1 Å². The maximum absolute atomic E-state index is 12.2. The minimum Gasteiger partial charge on any atom is -0.336 e. The zero-order valence-corrected chi connectivity index (χ0v) is 12.6. The van der Waals surface area contributed by atoms with E-state index >= 15 is 0 Å². The van der Waals surface area contributed by atoms with Gasteiger partial charge < -0.3 is 4.57 Å². The van der Waals surface area contributed by atoms with E-state index in [-0.39, 0.29) is 11.1 Å². The van der Waals surface area contributed by atoms with E-state index in [0.717, 1.165) is 28.2 Å². The minimum absolute atomic E-state index is 0.154. The zero-order chi connectivity index (χ0) is 15.0. The number of carbonyl (C=O) groups is 2. The number of nitrogens with zero attached hydrogens (tertiary/aromatic N) is 2. The highest BCUT2D eigenvalue weighted by atomic mass is 32.2. The molecular weight excluding hydrogens is 284 g/mol. The highest BCUT2D eigenvalue weighted by Crippen LogP contribution is 2.41. The van der Waals surface area contributed by atoms with Crippen molar-refractivity contribution in [2.45, 2.75) is 18.7 Å². The lowest BCUT2D eigenvalue weighted by Crippen LogP contribution is -2.24. The molecule has 1 aliphatic heterocycles. The van der Waals surface area contributed by atoms with E-state index < -0.39 is 5.25 Å². The van der Waals surface area contributed by atoms with Gasteiger partial charge in [-0.3, -0.25) is 14.5 Å². The van der Waals surface area contributed by atoms with E-state index in [1.54, 1.807) is 0 Å². The summed E-state index contributed by atoms with van der Waals surface area (Å²) in [6, 6.07) is 7.83. The van der Waals surface area contributed by atoms with Crippen molar-refractivity contribution in [2.24, 2.45) is 0 Å². The summed E-state index contributed by atoms with van der Waals surface area (Å²) < 4.78 is 2.05. The number of imide groups is 1. The number of aromatic nitrogens is 1. The quantitative estimate of drug-likeness (QED) is 0.800. The molecule has 4 nitrogen and oxygen atoms in total. The summed E-state index contributed by atoms with van der Waals surface area (Å²) >= 11 is 1.08. The van der Waals surface area contributed by atoms with Gasteiger partial charge in [0.2, 0.25) is 5.91 Å². The van der Waals surface area contributed by atoms with Gasteiger partial charge in [-0.15, -0.1) is 5.92 Å². The number of thioether (sulfide) groups is 1. The average molecular weight is 298 g/mol. The Morgan fingerprint density at radius 2 is 2.10 bits per heavy atom. The monoisotopic (exact) mass is 298 g/mol. The van der Waals surface area contributed by atoms with Gasteiger partial charge in [-0.1, -0.05) is 18.1 Å². The molecule has 0 spiro atoms. The molecule has 3 rings (SSSR count). The Labute approximate surface area is 127 Å². The van der Waals surface area contributed by atoms with Crippen LogP contribution in [0.4, 0.5) is 4.79 Å². The molecule has 0 radical (unpaired) electrons. The number of likely N-dealkylation sites (N-methyl/N-ethyl adjacent to an activating group) is 1. The molecule has 1 saturated heterocycles. The first-order valence-electron chi connectivity index (χ1n) is 6.59. The first-order valence-corrected chi connectivity index (χ1v) is 7.47. The van der Waals surface area contributed by atoms with Gasteiger partial charge in [0.15, 0.2) is 0 Å². The standard InChI is InChI=1S/C16H14N2O2S/c1-3-4-9-18-10-8-11-12(6-5-7-13(11)18)14-15(19)17(2)16(20)21-14/h5-8,10,14H,9H2,1-2H3. The minimum atomic E-state index is -0.445. The van der Waals surface area contributed by atoms with E-state index in [4.69, 9.17) is 0 Å². The lowest BCUT2D eigenvalue weighted by atomic mass is 10.1. The summed E-state index contributed by atoms with van der Waals surface area (Å²) in [7, 11) is 1.53. The molecule has 1 aromatic carbocycles. The molecule has 5 heteroatoms. The zero-order valence-electron chi connectivity index (χ0n) is 11.8. The van der Waals surface area contributed by atoms with Crippen LogP contribution in [0.3, 0.4) is 0 Å². The summed E-state index contributed by atoms with van der Waals surface area (Å²) in [6.45, 7) is 2.43. The molecular formula is C16H14N2O2S. The summed E-state index contributed by atoms with van der Waals surface area (Å²) in [6.07, 6.45) is 1.97. The van der Waals surface area contributed by atoms with Crippen LogP contribution in [0, 0.1) is 11.8 Å². The highest BCUT2D eigenvalue weighted by molar-refractivity contribution is 8.15. The van der Waals surface area contributed by atoms with Crippen LogP contribution >= 0.6 is 11.8 Å². The fourth-order valence-electron chi connectivity index (χ4n) is 2.47. The fourth-order valence-corrected chi connectivity index (χ4v) is 3.51. The van der Waals surface area contributed by atoms with Crippen LogP contribution in [0.5, 0.6) is 0 Å². The lowest BCUT2D eigenvalue weighted by Gasteiger charge is -2.10. The third-order valence-corrected chi connectivity index (χ3v) is 4.77. The molecule has 1 aromatic heterocycles. The topological polar surface area (TPSA) is 42.3 Å². The predicted molar refractivity (Wildman–Crippen MR) is 83.9 cm³/mol. The molecule has 0 N–H and O–H groups in total. The van der Waals surface area contributed by atoms with Crippen molar-refractivity contribution in [3.63, 3.8) is 0 Å². The first-order chi connectivity index (χ1) is 10.1. The van der Waals surface area contributed by atoms with E-state index in [9.17, 15) is 9.59 Å². The largest absolute Gasteiger partial charge is 0.336 e. The van der Waals surface area contributed by atoms with Gasteiger partial charge in [0.25, 0.3) is 5.24 Å². The molecule has 1 unspecified atom stereocenters. The summed E-state index contributed by atoms with van der Waals surface area (Å²) in [4.78, 5) is 25.1. The summed E-state index contributed by atoms with van der Waals surface area (Å²) in [5.41, 5.74) is 1.93. The van der Waals surface area contributed by atoms with Crippen molar-refractivity contribution >= 4 is 33.8 Å². The third-order valence-electron chi connectivity index (χ3n) is 3.60. The van der Waals surface area contributed by atoms with Gasteiger partial charge in [-0.05, 0) is 36.4 Å².